The van der Waals surface area contributed by atoms with Crippen LogP contribution in [0.4, 0.5) is 10.1 Å². The lowest BCUT2D eigenvalue weighted by atomic mass is 10.1. The van der Waals surface area contributed by atoms with Crippen molar-refractivity contribution in [2.45, 2.75) is 6.61 Å². The van der Waals surface area contributed by atoms with Gasteiger partial charge in [-0.15, -0.1) is 0 Å². The minimum absolute atomic E-state index is 0.0461. The fourth-order valence-electron chi connectivity index (χ4n) is 3.57. The Morgan fingerprint density at radius 1 is 1.16 bits per heavy atom. The highest BCUT2D eigenvalue weighted by molar-refractivity contribution is 9.10. The van der Waals surface area contributed by atoms with Crippen molar-refractivity contribution < 1.29 is 33.4 Å². The lowest BCUT2D eigenvalue weighted by molar-refractivity contribution is -0.122. The summed E-state index contributed by atoms with van der Waals surface area (Å²) in [4.78, 5) is 38.4. The number of hydrogen-bond donors (Lipinski definition) is 2. The summed E-state index contributed by atoms with van der Waals surface area (Å²) in [7, 11) is 1.42. The van der Waals surface area contributed by atoms with E-state index >= 15 is 0 Å². The summed E-state index contributed by atoms with van der Waals surface area (Å²) in [5, 5.41) is 11.6. The summed E-state index contributed by atoms with van der Waals surface area (Å²) in [5.41, 5.74) is 0.692. The van der Waals surface area contributed by atoms with Gasteiger partial charge in [0.15, 0.2) is 16.6 Å². The van der Waals surface area contributed by atoms with Gasteiger partial charge in [0.1, 0.15) is 18.0 Å². The van der Waals surface area contributed by atoms with Gasteiger partial charge in [-0.2, -0.15) is 0 Å². The molecule has 0 aliphatic carbocycles. The minimum atomic E-state index is -1.17. The molecule has 3 aromatic rings. The molecule has 4 rings (SSSR count). The number of carboxylic acid groups (broad SMARTS) is 1. The standard InChI is InChI=1S/C26H18BrFN2O6S/c1-35-21-11-14(10-19(27)22(21)36-13-16-5-2-3-8-20(16)28)9-18-23(31)29-26(37)30(24(18)32)17-7-4-6-15(12-17)25(33)34/h2-12H,13H2,1H3,(H,33,34)(H,29,31,37). The maximum Gasteiger partial charge on any atom is 0.335 e. The first-order valence-electron chi connectivity index (χ1n) is 10.7. The Labute approximate surface area is 224 Å². The van der Waals surface area contributed by atoms with Crippen molar-refractivity contribution in [1.82, 2.24) is 5.32 Å². The summed E-state index contributed by atoms with van der Waals surface area (Å²) in [6, 6.07) is 15.0. The first-order valence-corrected chi connectivity index (χ1v) is 11.9. The van der Waals surface area contributed by atoms with E-state index in [4.69, 9.17) is 21.7 Å². The fourth-order valence-corrected chi connectivity index (χ4v) is 4.42. The number of amides is 2. The summed E-state index contributed by atoms with van der Waals surface area (Å²) in [6.07, 6.45) is 1.35. The van der Waals surface area contributed by atoms with E-state index < -0.39 is 23.6 Å². The van der Waals surface area contributed by atoms with Crippen molar-refractivity contribution in [1.29, 1.82) is 0 Å². The topological polar surface area (TPSA) is 105 Å². The maximum absolute atomic E-state index is 14.0. The van der Waals surface area contributed by atoms with Gasteiger partial charge in [-0.3, -0.25) is 19.8 Å². The molecule has 3 aromatic carbocycles. The van der Waals surface area contributed by atoms with Crippen LogP contribution in [0.3, 0.4) is 0 Å². The number of thiocarbonyl (C=S) groups is 1. The monoisotopic (exact) mass is 584 g/mol. The number of aromatic carboxylic acids is 1. The van der Waals surface area contributed by atoms with Gasteiger partial charge in [0.05, 0.1) is 22.8 Å². The molecule has 11 heteroatoms. The molecule has 0 saturated carbocycles. The van der Waals surface area contributed by atoms with E-state index in [1.165, 1.54) is 43.5 Å². The first kappa shape index (κ1) is 26.0. The number of carboxylic acids is 1. The highest BCUT2D eigenvalue weighted by atomic mass is 79.9. The summed E-state index contributed by atoms with van der Waals surface area (Å²) in [6.45, 7) is -0.0508. The Morgan fingerprint density at radius 3 is 2.62 bits per heavy atom. The summed E-state index contributed by atoms with van der Waals surface area (Å²) >= 11 is 8.58. The SMILES string of the molecule is COc1cc(C=C2C(=O)NC(=S)N(c3cccc(C(=O)O)c3)C2=O)cc(Br)c1OCc1ccccc1F. The van der Waals surface area contributed by atoms with Gasteiger partial charge in [0.2, 0.25) is 0 Å². The molecule has 0 radical (unpaired) electrons. The number of nitrogens with zero attached hydrogens (tertiary/aromatic N) is 1. The predicted molar refractivity (Wildman–Crippen MR) is 141 cm³/mol. The number of rotatable bonds is 7. The van der Waals surface area contributed by atoms with Gasteiger partial charge in [-0.1, -0.05) is 24.3 Å². The molecule has 0 bridgehead atoms. The van der Waals surface area contributed by atoms with Gasteiger partial charge < -0.3 is 14.6 Å². The van der Waals surface area contributed by atoms with Crippen molar-refractivity contribution in [3.8, 4) is 11.5 Å². The largest absolute Gasteiger partial charge is 0.493 e. The van der Waals surface area contributed by atoms with Crippen molar-refractivity contribution in [2.24, 2.45) is 0 Å². The van der Waals surface area contributed by atoms with Crippen LogP contribution in [0, 0.1) is 5.82 Å². The van der Waals surface area contributed by atoms with E-state index in [2.05, 4.69) is 21.2 Å². The number of ether oxygens (including phenoxy) is 2. The Balaban J connectivity index is 1.66. The third kappa shape index (κ3) is 5.52. The number of hydrogen-bond acceptors (Lipinski definition) is 6. The first-order chi connectivity index (χ1) is 17.7. The van der Waals surface area contributed by atoms with Crippen molar-refractivity contribution in [2.75, 3.05) is 12.0 Å². The molecule has 1 aliphatic rings. The van der Waals surface area contributed by atoms with Crippen LogP contribution in [0.25, 0.3) is 6.08 Å². The van der Waals surface area contributed by atoms with E-state index in [1.54, 1.807) is 30.3 Å². The second-order valence-corrected chi connectivity index (χ2v) is 8.97. The van der Waals surface area contributed by atoms with Gasteiger partial charge >= 0.3 is 5.97 Å². The lowest BCUT2D eigenvalue weighted by Crippen LogP contribution is -2.54. The number of anilines is 1. The summed E-state index contributed by atoms with van der Waals surface area (Å²) in [5.74, 6) is -2.44. The van der Waals surface area contributed by atoms with Crippen molar-refractivity contribution in [3.63, 3.8) is 0 Å². The van der Waals surface area contributed by atoms with E-state index in [9.17, 15) is 23.9 Å². The van der Waals surface area contributed by atoms with Crippen LogP contribution in [-0.2, 0) is 16.2 Å². The highest BCUT2D eigenvalue weighted by Gasteiger charge is 2.35. The van der Waals surface area contributed by atoms with Crippen LogP contribution >= 0.6 is 28.1 Å². The molecular formula is C26H18BrFN2O6S. The predicted octanol–water partition coefficient (Wildman–Crippen LogP) is 4.71. The molecule has 1 fully saturated rings. The number of methoxy groups -OCH3 is 1. The van der Waals surface area contributed by atoms with Crippen LogP contribution in [0.15, 0.2) is 70.7 Å². The number of carbonyl (C=O) groups excluding carboxylic acids is 2. The Hall–Kier alpha value is -4.09. The van der Waals surface area contributed by atoms with Crippen LogP contribution in [0.2, 0.25) is 0 Å². The second kappa shape index (κ2) is 10.9. The molecule has 1 aliphatic heterocycles. The van der Waals surface area contributed by atoms with Crippen LogP contribution in [0.5, 0.6) is 11.5 Å². The van der Waals surface area contributed by atoms with Gasteiger partial charge in [0, 0.05) is 5.56 Å². The number of carbonyl (C=O) groups is 3. The zero-order valence-corrected chi connectivity index (χ0v) is 21.6. The molecule has 1 saturated heterocycles. The zero-order valence-electron chi connectivity index (χ0n) is 19.2. The fraction of sp³-hybridized carbons (Fsp3) is 0.0769. The normalized spacial score (nSPS) is 14.5. The third-order valence-corrected chi connectivity index (χ3v) is 6.22. The molecule has 0 unspecified atom stereocenters. The average molecular weight is 585 g/mol. The summed E-state index contributed by atoms with van der Waals surface area (Å²) < 4.78 is 25.6. The second-order valence-electron chi connectivity index (χ2n) is 7.73. The zero-order chi connectivity index (χ0) is 26.7. The molecule has 0 aromatic heterocycles. The van der Waals surface area contributed by atoms with E-state index in [-0.39, 0.29) is 34.3 Å². The molecule has 37 heavy (non-hydrogen) atoms. The minimum Gasteiger partial charge on any atom is -0.493 e. The van der Waals surface area contributed by atoms with Gasteiger partial charge in [0.25, 0.3) is 11.8 Å². The van der Waals surface area contributed by atoms with Gasteiger partial charge in [-0.25, -0.2) is 9.18 Å². The van der Waals surface area contributed by atoms with Crippen molar-refractivity contribution in [3.05, 3.63) is 93.2 Å². The van der Waals surface area contributed by atoms with E-state index in [1.807, 2.05) is 0 Å². The quantitative estimate of drug-likeness (QED) is 0.235. The number of nitrogens with one attached hydrogen (secondary N) is 1. The third-order valence-electron chi connectivity index (χ3n) is 5.35. The van der Waals surface area contributed by atoms with Crippen LogP contribution in [0.1, 0.15) is 21.5 Å². The van der Waals surface area contributed by atoms with Gasteiger partial charge in [-0.05, 0) is 76.2 Å². The molecule has 8 nitrogen and oxygen atoms in total. The van der Waals surface area contributed by atoms with E-state index in [0.717, 1.165) is 4.90 Å². The molecule has 2 N–H and O–H groups in total. The van der Waals surface area contributed by atoms with E-state index in [0.29, 0.717) is 21.3 Å². The Kier molecular flexibility index (Phi) is 7.65. The average Bonchev–Trinajstić information content (AvgIpc) is 2.86. The Morgan fingerprint density at radius 2 is 1.92 bits per heavy atom. The molecular weight excluding hydrogens is 567 g/mol. The number of benzene rings is 3. The lowest BCUT2D eigenvalue weighted by Gasteiger charge is -2.29. The molecule has 0 atom stereocenters. The maximum atomic E-state index is 14.0. The number of halogens is 2. The van der Waals surface area contributed by atoms with Crippen molar-refractivity contribution >= 4 is 62.8 Å². The van der Waals surface area contributed by atoms with Crippen LogP contribution < -0.4 is 19.7 Å². The Bertz CT molecular complexity index is 1480. The molecule has 0 spiro atoms. The molecule has 1 heterocycles. The van der Waals surface area contributed by atoms with Crippen LogP contribution in [-0.4, -0.2) is 35.1 Å². The smallest absolute Gasteiger partial charge is 0.335 e. The molecule has 2 amide bonds. The molecule has 188 valence electrons. The highest BCUT2D eigenvalue weighted by Crippen LogP contribution is 2.38.